The van der Waals surface area contributed by atoms with Crippen molar-refractivity contribution in [3.8, 4) is 11.3 Å². The van der Waals surface area contributed by atoms with Gasteiger partial charge < -0.3 is 15.0 Å². The van der Waals surface area contributed by atoms with Crippen molar-refractivity contribution in [1.29, 1.82) is 0 Å². The maximum absolute atomic E-state index is 13.3. The van der Waals surface area contributed by atoms with Crippen LogP contribution in [0.4, 0.5) is 5.69 Å². The number of hydrogen-bond donors (Lipinski definition) is 1. The number of fused-ring (bicyclic) bond motifs is 1. The Morgan fingerprint density at radius 2 is 1.76 bits per heavy atom. The van der Waals surface area contributed by atoms with E-state index in [4.69, 9.17) is 9.72 Å². The van der Waals surface area contributed by atoms with E-state index in [2.05, 4.69) is 5.32 Å². The van der Waals surface area contributed by atoms with Crippen LogP contribution in [0, 0.1) is 6.92 Å². The lowest BCUT2D eigenvalue weighted by atomic mass is 10.0. The molecule has 2 amide bonds. The maximum Gasteiger partial charge on any atom is 0.254 e. The molecule has 0 atom stereocenters. The summed E-state index contributed by atoms with van der Waals surface area (Å²) >= 11 is 0. The molecule has 1 saturated heterocycles. The summed E-state index contributed by atoms with van der Waals surface area (Å²) in [6, 6.07) is 15.3. The lowest BCUT2D eigenvalue weighted by molar-refractivity contribution is -0.114. The Bertz CT molecular complexity index is 1070. The number of nitrogens with one attached hydrogen (secondary N) is 1. The third-order valence-electron chi connectivity index (χ3n) is 4.99. The Morgan fingerprint density at radius 1 is 1.03 bits per heavy atom. The highest BCUT2D eigenvalue weighted by atomic mass is 16.5. The zero-order valence-electron chi connectivity index (χ0n) is 16.6. The fourth-order valence-corrected chi connectivity index (χ4v) is 3.53. The second kappa shape index (κ2) is 8.01. The summed E-state index contributed by atoms with van der Waals surface area (Å²) < 4.78 is 5.39. The molecule has 1 aliphatic rings. The number of aromatic nitrogens is 1. The Kier molecular flexibility index (Phi) is 5.27. The molecule has 0 saturated carbocycles. The predicted octanol–water partition coefficient (Wildman–Crippen LogP) is 3.64. The number of anilines is 1. The number of carbonyl (C=O) groups excluding carboxylic acids is 2. The van der Waals surface area contributed by atoms with Crippen LogP contribution in [0.25, 0.3) is 22.2 Å². The summed E-state index contributed by atoms with van der Waals surface area (Å²) in [4.78, 5) is 31.1. The number of rotatable bonds is 3. The highest BCUT2D eigenvalue weighted by Gasteiger charge is 2.22. The normalized spacial score (nSPS) is 14.1. The molecular formula is C23H23N3O3. The minimum atomic E-state index is -0.115. The monoisotopic (exact) mass is 389 g/mol. The quantitative estimate of drug-likeness (QED) is 0.742. The van der Waals surface area contributed by atoms with Crippen LogP contribution in [0.5, 0.6) is 0 Å². The predicted molar refractivity (Wildman–Crippen MR) is 113 cm³/mol. The molecule has 6 nitrogen and oxygen atoms in total. The van der Waals surface area contributed by atoms with E-state index in [-0.39, 0.29) is 11.8 Å². The van der Waals surface area contributed by atoms with Gasteiger partial charge in [-0.25, -0.2) is 4.98 Å². The second-order valence-corrected chi connectivity index (χ2v) is 7.24. The van der Waals surface area contributed by atoms with E-state index >= 15 is 0 Å². The largest absolute Gasteiger partial charge is 0.378 e. The zero-order valence-corrected chi connectivity index (χ0v) is 16.6. The van der Waals surface area contributed by atoms with E-state index in [0.29, 0.717) is 31.9 Å². The molecule has 1 fully saturated rings. The van der Waals surface area contributed by atoms with Crippen molar-refractivity contribution in [1.82, 2.24) is 9.88 Å². The number of benzene rings is 2. The second-order valence-electron chi connectivity index (χ2n) is 7.24. The van der Waals surface area contributed by atoms with Gasteiger partial charge in [-0.1, -0.05) is 23.8 Å². The molecular weight excluding hydrogens is 366 g/mol. The Labute approximate surface area is 169 Å². The van der Waals surface area contributed by atoms with Crippen molar-refractivity contribution in [3.05, 3.63) is 59.7 Å². The number of nitrogens with zero attached hydrogens (tertiary/aromatic N) is 2. The molecule has 0 radical (unpaired) electrons. The number of pyridine rings is 1. The van der Waals surface area contributed by atoms with Gasteiger partial charge in [-0.3, -0.25) is 9.59 Å². The van der Waals surface area contributed by atoms with Crippen molar-refractivity contribution >= 4 is 28.4 Å². The molecule has 2 aromatic carbocycles. The molecule has 29 heavy (non-hydrogen) atoms. The van der Waals surface area contributed by atoms with Crippen molar-refractivity contribution in [2.24, 2.45) is 0 Å². The minimum Gasteiger partial charge on any atom is -0.378 e. The molecule has 0 aliphatic carbocycles. The Hall–Kier alpha value is -3.25. The first kappa shape index (κ1) is 19.1. The van der Waals surface area contributed by atoms with Crippen LogP contribution in [-0.2, 0) is 9.53 Å². The van der Waals surface area contributed by atoms with E-state index in [1.165, 1.54) is 6.92 Å². The Balaban J connectivity index is 1.78. The number of morpholine rings is 1. The van der Waals surface area contributed by atoms with Gasteiger partial charge in [-0.15, -0.1) is 0 Å². The lowest BCUT2D eigenvalue weighted by Crippen LogP contribution is -2.40. The van der Waals surface area contributed by atoms with Gasteiger partial charge in [-0.05, 0) is 37.3 Å². The van der Waals surface area contributed by atoms with E-state index < -0.39 is 0 Å². The third-order valence-corrected chi connectivity index (χ3v) is 4.99. The standard InChI is InChI=1S/C23H23N3O3/c1-15-3-8-21-19(13-15)20(23(28)26-9-11-29-12-10-26)14-22(25-21)17-4-6-18(7-5-17)24-16(2)27/h3-8,13-14H,9-12H2,1-2H3,(H,24,27). The molecule has 3 aromatic rings. The van der Waals surface area contributed by atoms with Gasteiger partial charge in [0.05, 0.1) is 30.0 Å². The summed E-state index contributed by atoms with van der Waals surface area (Å²) in [6.45, 7) is 5.79. The summed E-state index contributed by atoms with van der Waals surface area (Å²) in [5.74, 6) is -0.113. The van der Waals surface area contributed by atoms with Crippen LogP contribution in [0.2, 0.25) is 0 Å². The van der Waals surface area contributed by atoms with E-state index in [1.807, 2.05) is 60.4 Å². The number of aryl methyl sites for hydroxylation is 1. The van der Waals surface area contributed by atoms with Crippen LogP contribution < -0.4 is 5.32 Å². The van der Waals surface area contributed by atoms with Crippen LogP contribution in [0.15, 0.2) is 48.5 Å². The first-order valence-electron chi connectivity index (χ1n) is 9.68. The van der Waals surface area contributed by atoms with Gasteiger partial charge in [0, 0.05) is 36.7 Å². The van der Waals surface area contributed by atoms with Crippen LogP contribution in [-0.4, -0.2) is 48.0 Å². The van der Waals surface area contributed by atoms with Crippen LogP contribution in [0.3, 0.4) is 0 Å². The van der Waals surface area contributed by atoms with Crippen molar-refractivity contribution in [2.45, 2.75) is 13.8 Å². The van der Waals surface area contributed by atoms with Crippen LogP contribution in [0.1, 0.15) is 22.8 Å². The first-order chi connectivity index (χ1) is 14.0. The van der Waals surface area contributed by atoms with Gasteiger partial charge >= 0.3 is 0 Å². The number of ether oxygens (including phenoxy) is 1. The minimum absolute atomic E-state index is 0.00224. The number of amides is 2. The molecule has 148 valence electrons. The van der Waals surface area contributed by atoms with Crippen molar-refractivity contribution in [2.75, 3.05) is 31.6 Å². The fourth-order valence-electron chi connectivity index (χ4n) is 3.53. The molecule has 1 aromatic heterocycles. The summed E-state index contributed by atoms with van der Waals surface area (Å²) in [6.07, 6.45) is 0. The summed E-state index contributed by atoms with van der Waals surface area (Å²) in [5.41, 5.74) is 4.87. The molecule has 4 rings (SSSR count). The maximum atomic E-state index is 13.3. The number of carbonyl (C=O) groups is 2. The third kappa shape index (κ3) is 4.12. The first-order valence-corrected chi connectivity index (χ1v) is 9.68. The Morgan fingerprint density at radius 3 is 2.45 bits per heavy atom. The lowest BCUT2D eigenvalue weighted by Gasteiger charge is -2.27. The highest BCUT2D eigenvalue weighted by Crippen LogP contribution is 2.28. The van der Waals surface area contributed by atoms with Gasteiger partial charge in [0.1, 0.15) is 0 Å². The molecule has 1 N–H and O–H groups in total. The fraction of sp³-hybridized carbons (Fsp3) is 0.261. The van der Waals surface area contributed by atoms with Crippen molar-refractivity contribution in [3.63, 3.8) is 0 Å². The average molecular weight is 389 g/mol. The SMILES string of the molecule is CC(=O)Nc1ccc(-c2cc(C(=O)N3CCOCC3)c3cc(C)ccc3n2)cc1. The topological polar surface area (TPSA) is 71.5 Å². The van der Waals surface area contributed by atoms with Gasteiger partial charge in [-0.2, -0.15) is 0 Å². The highest BCUT2D eigenvalue weighted by molar-refractivity contribution is 6.07. The zero-order chi connectivity index (χ0) is 20.4. The molecule has 0 bridgehead atoms. The van der Waals surface area contributed by atoms with Gasteiger partial charge in [0.25, 0.3) is 5.91 Å². The molecule has 0 spiro atoms. The van der Waals surface area contributed by atoms with E-state index in [9.17, 15) is 9.59 Å². The molecule has 1 aliphatic heterocycles. The van der Waals surface area contributed by atoms with Gasteiger partial charge in [0.2, 0.25) is 5.91 Å². The van der Waals surface area contributed by atoms with Gasteiger partial charge in [0.15, 0.2) is 0 Å². The van der Waals surface area contributed by atoms with E-state index in [0.717, 1.165) is 33.4 Å². The summed E-state index contributed by atoms with van der Waals surface area (Å²) in [7, 11) is 0. The number of hydrogen-bond acceptors (Lipinski definition) is 4. The van der Waals surface area contributed by atoms with E-state index in [1.54, 1.807) is 0 Å². The van der Waals surface area contributed by atoms with Crippen LogP contribution >= 0.6 is 0 Å². The smallest absolute Gasteiger partial charge is 0.254 e. The molecule has 2 heterocycles. The molecule has 6 heteroatoms. The molecule has 0 unspecified atom stereocenters. The average Bonchev–Trinajstić information content (AvgIpc) is 2.73. The van der Waals surface area contributed by atoms with Crippen molar-refractivity contribution < 1.29 is 14.3 Å². The summed E-state index contributed by atoms with van der Waals surface area (Å²) in [5, 5.41) is 3.62.